The van der Waals surface area contributed by atoms with E-state index < -0.39 is 6.61 Å². The maximum atomic E-state index is 12.4. The molecule has 1 unspecified atom stereocenters. The van der Waals surface area contributed by atoms with Gasteiger partial charge in [-0.2, -0.15) is 5.26 Å². The number of hydrogen-bond acceptors (Lipinski definition) is 5. The van der Waals surface area contributed by atoms with Crippen molar-refractivity contribution in [1.82, 2.24) is 14.2 Å². The zero-order valence-corrected chi connectivity index (χ0v) is 14.4. The van der Waals surface area contributed by atoms with Gasteiger partial charge in [-0.15, -0.1) is 0 Å². The largest absolute Gasteiger partial charge is 0.387 e. The van der Waals surface area contributed by atoms with Crippen LogP contribution in [0.4, 0.5) is 0 Å². The quantitative estimate of drug-likeness (QED) is 0.728. The number of halogens is 1. The van der Waals surface area contributed by atoms with Gasteiger partial charge in [-0.1, -0.05) is 0 Å². The van der Waals surface area contributed by atoms with E-state index in [1.807, 2.05) is 0 Å². The number of aliphatic hydroxyl groups is 1. The van der Waals surface area contributed by atoms with Crippen LogP contribution in [0, 0.1) is 23.2 Å². The number of carbonyl (C=O) groups excluding carboxylic acids is 2. The smallest absolute Gasteiger partial charge is 0.248 e. The Kier molecular flexibility index (Phi) is 5.28. The van der Waals surface area contributed by atoms with Gasteiger partial charge < -0.3 is 14.9 Å². The molecular formula is C16H23ClN4O3. The third-order valence-corrected chi connectivity index (χ3v) is 6.01. The van der Waals surface area contributed by atoms with Gasteiger partial charge >= 0.3 is 0 Å². The van der Waals surface area contributed by atoms with Crippen molar-refractivity contribution in [2.75, 3.05) is 32.8 Å². The summed E-state index contributed by atoms with van der Waals surface area (Å²) in [5.74, 6) is 0.486. The second kappa shape index (κ2) is 7.26. The minimum absolute atomic E-state index is 0.0804. The lowest BCUT2D eigenvalue weighted by Gasteiger charge is -2.26. The number of carbonyl (C=O) groups is 2. The van der Waals surface area contributed by atoms with Crippen LogP contribution in [0.2, 0.25) is 0 Å². The molecule has 3 fully saturated rings. The van der Waals surface area contributed by atoms with Crippen LogP contribution < -0.4 is 0 Å². The molecule has 7 nitrogen and oxygen atoms in total. The average molecular weight is 355 g/mol. The highest BCUT2D eigenvalue weighted by Gasteiger charge is 2.44. The van der Waals surface area contributed by atoms with E-state index in [-0.39, 0.29) is 30.4 Å². The fourth-order valence-electron chi connectivity index (χ4n) is 4.35. The van der Waals surface area contributed by atoms with Crippen molar-refractivity contribution in [2.45, 2.75) is 37.8 Å². The molecule has 24 heavy (non-hydrogen) atoms. The average Bonchev–Trinajstić information content (AvgIpc) is 3.26. The summed E-state index contributed by atoms with van der Waals surface area (Å²) in [4.78, 5) is 27.3. The van der Waals surface area contributed by atoms with E-state index in [1.165, 1.54) is 0 Å². The molecule has 8 heteroatoms. The van der Waals surface area contributed by atoms with Crippen LogP contribution in [-0.2, 0) is 9.59 Å². The highest BCUT2D eigenvalue weighted by atomic mass is 35.5. The lowest BCUT2D eigenvalue weighted by Crippen LogP contribution is -2.42. The maximum absolute atomic E-state index is 12.4. The summed E-state index contributed by atoms with van der Waals surface area (Å²) in [5.41, 5.74) is 0. The van der Waals surface area contributed by atoms with Gasteiger partial charge in [-0.3, -0.25) is 9.59 Å². The zero-order chi connectivity index (χ0) is 17.3. The van der Waals surface area contributed by atoms with Crippen LogP contribution in [0.1, 0.15) is 25.7 Å². The Balaban J connectivity index is 1.50. The van der Waals surface area contributed by atoms with Crippen molar-refractivity contribution in [1.29, 1.82) is 5.26 Å². The normalized spacial score (nSPS) is 32.2. The second-order valence-electron chi connectivity index (χ2n) is 7.03. The van der Waals surface area contributed by atoms with Gasteiger partial charge in [0.25, 0.3) is 0 Å². The van der Waals surface area contributed by atoms with E-state index in [0.717, 1.165) is 25.7 Å². The number of nitriles is 1. The molecule has 2 saturated heterocycles. The molecule has 4 atom stereocenters. The second-order valence-corrected chi connectivity index (χ2v) is 7.47. The van der Waals surface area contributed by atoms with Gasteiger partial charge in [0.05, 0.1) is 12.6 Å². The summed E-state index contributed by atoms with van der Waals surface area (Å²) in [6.07, 6.45) is 3.33. The first kappa shape index (κ1) is 17.5. The number of fused-ring (bicyclic) bond motifs is 1. The summed E-state index contributed by atoms with van der Waals surface area (Å²) >= 11 is 6.37. The van der Waals surface area contributed by atoms with Crippen molar-refractivity contribution < 1.29 is 14.7 Å². The van der Waals surface area contributed by atoms with Crippen LogP contribution >= 0.6 is 11.8 Å². The van der Waals surface area contributed by atoms with E-state index in [4.69, 9.17) is 22.1 Å². The van der Waals surface area contributed by atoms with Crippen molar-refractivity contribution in [3.8, 4) is 6.07 Å². The van der Waals surface area contributed by atoms with Crippen LogP contribution in [-0.4, -0.2) is 76.0 Å². The Hall–Kier alpha value is -1.36. The molecule has 0 spiro atoms. The molecule has 132 valence electrons. The third-order valence-electron chi connectivity index (χ3n) is 5.62. The summed E-state index contributed by atoms with van der Waals surface area (Å²) in [7, 11) is 0. The number of nitrogens with zero attached hydrogens (tertiary/aromatic N) is 4. The van der Waals surface area contributed by atoms with Crippen LogP contribution in [0.15, 0.2) is 0 Å². The minimum Gasteiger partial charge on any atom is -0.387 e. The number of rotatable bonds is 4. The molecule has 3 aliphatic rings. The molecule has 0 bridgehead atoms. The van der Waals surface area contributed by atoms with Gasteiger partial charge in [0.2, 0.25) is 11.8 Å². The SMILES string of the molecule is N#CC1CCCN1C(=O)CN(Cl)[C@@H]1C[C@@H]2CN(C(=O)CO)C[C@@H]2C1. The minimum atomic E-state index is -0.436. The Morgan fingerprint density at radius 3 is 2.50 bits per heavy atom. The first-order chi connectivity index (χ1) is 11.5. The maximum Gasteiger partial charge on any atom is 0.248 e. The number of hydrogen-bond donors (Lipinski definition) is 1. The molecule has 0 aromatic heterocycles. The third kappa shape index (κ3) is 3.37. The Morgan fingerprint density at radius 2 is 1.92 bits per heavy atom. The van der Waals surface area contributed by atoms with Crippen molar-refractivity contribution in [3.63, 3.8) is 0 Å². The summed E-state index contributed by atoms with van der Waals surface area (Å²) in [6.45, 7) is 1.66. The fraction of sp³-hybridized carbons (Fsp3) is 0.812. The van der Waals surface area contributed by atoms with E-state index in [1.54, 1.807) is 14.2 Å². The predicted molar refractivity (Wildman–Crippen MR) is 86.6 cm³/mol. The van der Waals surface area contributed by atoms with Gasteiger partial charge in [0.1, 0.15) is 12.6 Å². The molecule has 3 rings (SSSR count). The van der Waals surface area contributed by atoms with Crippen molar-refractivity contribution >= 4 is 23.6 Å². The summed E-state index contributed by atoms with van der Waals surface area (Å²) in [5, 5.41) is 18.0. The lowest BCUT2D eigenvalue weighted by molar-refractivity contribution is -0.133. The van der Waals surface area contributed by atoms with Crippen LogP contribution in [0.3, 0.4) is 0 Å². The standard InChI is InChI=1S/C16H23ClN4O3/c17-21(9-15(23)20-3-1-2-13(20)6-18)14-4-11-7-19(16(24)10-22)8-12(11)5-14/h11-14,22H,1-5,7-10H2/t11-,12+,13?,14-. The van der Waals surface area contributed by atoms with E-state index in [0.29, 0.717) is 31.5 Å². The summed E-state index contributed by atoms with van der Waals surface area (Å²) in [6, 6.07) is 1.99. The molecule has 1 aliphatic carbocycles. The topological polar surface area (TPSA) is 87.9 Å². The predicted octanol–water partition coefficient (Wildman–Crippen LogP) is 0.186. The van der Waals surface area contributed by atoms with Gasteiger partial charge in [-0.25, -0.2) is 4.42 Å². The highest BCUT2D eigenvalue weighted by molar-refractivity contribution is 6.14. The van der Waals surface area contributed by atoms with Gasteiger partial charge in [0.15, 0.2) is 0 Å². The number of amides is 2. The summed E-state index contributed by atoms with van der Waals surface area (Å²) < 4.78 is 1.59. The highest BCUT2D eigenvalue weighted by Crippen LogP contribution is 2.40. The van der Waals surface area contributed by atoms with E-state index in [9.17, 15) is 9.59 Å². The molecule has 2 heterocycles. The Bertz CT molecular complexity index is 538. The Labute approximate surface area is 146 Å². The molecule has 2 aliphatic heterocycles. The monoisotopic (exact) mass is 354 g/mol. The molecule has 1 saturated carbocycles. The van der Waals surface area contributed by atoms with Crippen LogP contribution in [0.25, 0.3) is 0 Å². The number of likely N-dealkylation sites (tertiary alicyclic amines) is 2. The molecule has 0 aromatic rings. The molecule has 0 radical (unpaired) electrons. The van der Waals surface area contributed by atoms with Crippen molar-refractivity contribution in [3.05, 3.63) is 0 Å². The number of aliphatic hydroxyl groups excluding tert-OH is 1. The zero-order valence-electron chi connectivity index (χ0n) is 13.6. The first-order valence-electron chi connectivity index (χ1n) is 8.53. The fourth-order valence-corrected chi connectivity index (χ4v) is 4.61. The Morgan fingerprint density at radius 1 is 1.25 bits per heavy atom. The molecular weight excluding hydrogens is 332 g/mol. The van der Waals surface area contributed by atoms with Crippen molar-refractivity contribution in [2.24, 2.45) is 11.8 Å². The van der Waals surface area contributed by atoms with Gasteiger partial charge in [0, 0.05) is 25.7 Å². The lowest BCUT2D eigenvalue weighted by atomic mass is 10.0. The van der Waals surface area contributed by atoms with Gasteiger partial charge in [-0.05, 0) is 49.3 Å². The molecule has 2 amide bonds. The first-order valence-corrected chi connectivity index (χ1v) is 8.87. The van der Waals surface area contributed by atoms with Crippen LogP contribution in [0.5, 0.6) is 0 Å². The molecule has 0 aromatic carbocycles. The molecule has 1 N–H and O–H groups in total. The van der Waals surface area contributed by atoms with E-state index >= 15 is 0 Å². The van der Waals surface area contributed by atoms with E-state index in [2.05, 4.69) is 6.07 Å².